The second-order valence-electron chi connectivity index (χ2n) is 7.50. The summed E-state index contributed by atoms with van der Waals surface area (Å²) in [6.45, 7) is 6.33. The van der Waals surface area contributed by atoms with Crippen molar-refractivity contribution >= 4 is 22.6 Å². The monoisotopic (exact) mass is 406 g/mol. The van der Waals surface area contributed by atoms with Crippen molar-refractivity contribution in [3.63, 3.8) is 0 Å². The van der Waals surface area contributed by atoms with Gasteiger partial charge in [0, 0.05) is 50.9 Å². The molecule has 2 N–H and O–H groups in total. The zero-order valence-electron chi connectivity index (χ0n) is 17.3. The van der Waals surface area contributed by atoms with Crippen LogP contribution in [0.2, 0.25) is 0 Å². The summed E-state index contributed by atoms with van der Waals surface area (Å²) in [7, 11) is 1.58. The largest absolute Gasteiger partial charge is 0.354 e. The minimum atomic E-state index is -0.235. The second-order valence-corrected chi connectivity index (χ2v) is 7.50. The van der Waals surface area contributed by atoms with Gasteiger partial charge in [0.25, 0.3) is 11.5 Å². The van der Waals surface area contributed by atoms with Gasteiger partial charge in [-0.3, -0.25) is 14.5 Å². The van der Waals surface area contributed by atoms with Crippen molar-refractivity contribution in [1.82, 2.24) is 25.2 Å². The molecule has 156 valence electrons. The molecule has 0 aliphatic carbocycles. The molecule has 0 atom stereocenters. The van der Waals surface area contributed by atoms with Gasteiger partial charge < -0.3 is 15.2 Å². The van der Waals surface area contributed by atoms with Crippen LogP contribution >= 0.6 is 0 Å². The Labute approximate surface area is 175 Å². The maximum atomic E-state index is 12.1. The van der Waals surface area contributed by atoms with E-state index in [1.165, 1.54) is 11.8 Å². The standard InChI is InChI=1S/C22H26N6O2/c1-3-16-11-17-5-4-15(10-18(17)26-21(16)29)14-27-6-8-28(9-7-27)20-13-24-19(12-25-20)22(30)23-2/h4-5,10-13H,3,6-9,14H2,1-2H3,(H,23,30)(H,26,29). The molecule has 0 bridgehead atoms. The number of amides is 1. The fourth-order valence-corrected chi connectivity index (χ4v) is 3.78. The van der Waals surface area contributed by atoms with Crippen LogP contribution in [0.4, 0.5) is 5.82 Å². The van der Waals surface area contributed by atoms with Gasteiger partial charge in [0.2, 0.25) is 0 Å². The number of anilines is 1. The molecule has 1 aliphatic rings. The number of rotatable bonds is 5. The van der Waals surface area contributed by atoms with Crippen LogP contribution in [0.25, 0.3) is 10.9 Å². The maximum Gasteiger partial charge on any atom is 0.271 e. The van der Waals surface area contributed by atoms with E-state index in [1.807, 2.05) is 13.0 Å². The molecule has 3 aromatic rings. The molecule has 2 aromatic heterocycles. The van der Waals surface area contributed by atoms with Crippen LogP contribution < -0.4 is 15.8 Å². The Morgan fingerprint density at radius 2 is 1.93 bits per heavy atom. The van der Waals surface area contributed by atoms with Crippen molar-refractivity contribution in [3.05, 3.63) is 63.8 Å². The van der Waals surface area contributed by atoms with Gasteiger partial charge in [-0.05, 0) is 29.5 Å². The van der Waals surface area contributed by atoms with Crippen LogP contribution in [-0.2, 0) is 13.0 Å². The van der Waals surface area contributed by atoms with E-state index >= 15 is 0 Å². The number of aromatic nitrogens is 3. The van der Waals surface area contributed by atoms with Crippen LogP contribution in [0.15, 0.2) is 41.5 Å². The Balaban J connectivity index is 1.38. The molecule has 4 rings (SSSR count). The van der Waals surface area contributed by atoms with Crippen LogP contribution in [0.3, 0.4) is 0 Å². The fourth-order valence-electron chi connectivity index (χ4n) is 3.78. The van der Waals surface area contributed by atoms with Gasteiger partial charge in [0.15, 0.2) is 0 Å². The van der Waals surface area contributed by atoms with Crippen molar-refractivity contribution in [1.29, 1.82) is 0 Å². The van der Waals surface area contributed by atoms with Crippen LogP contribution in [0.1, 0.15) is 28.5 Å². The van der Waals surface area contributed by atoms with Gasteiger partial charge in [-0.2, -0.15) is 0 Å². The van der Waals surface area contributed by atoms with Crippen LogP contribution in [0.5, 0.6) is 0 Å². The number of fused-ring (bicyclic) bond motifs is 1. The zero-order valence-corrected chi connectivity index (χ0v) is 17.3. The van der Waals surface area contributed by atoms with Crippen molar-refractivity contribution < 1.29 is 4.79 Å². The van der Waals surface area contributed by atoms with Gasteiger partial charge in [-0.15, -0.1) is 0 Å². The van der Waals surface area contributed by atoms with Crippen LogP contribution in [0, 0.1) is 0 Å². The molecule has 1 aromatic carbocycles. The minimum absolute atomic E-state index is 0.000639. The molecular weight excluding hydrogens is 380 g/mol. The summed E-state index contributed by atoms with van der Waals surface area (Å²) in [5, 5.41) is 3.62. The third kappa shape index (κ3) is 4.18. The lowest BCUT2D eigenvalue weighted by molar-refractivity contribution is 0.0958. The second kappa shape index (κ2) is 8.62. The third-order valence-electron chi connectivity index (χ3n) is 5.57. The topological polar surface area (TPSA) is 94.2 Å². The van der Waals surface area contributed by atoms with Gasteiger partial charge in [0.1, 0.15) is 11.5 Å². The first-order valence-corrected chi connectivity index (χ1v) is 10.2. The lowest BCUT2D eigenvalue weighted by Gasteiger charge is -2.35. The number of piperazine rings is 1. The minimum Gasteiger partial charge on any atom is -0.354 e. The Morgan fingerprint density at radius 1 is 1.13 bits per heavy atom. The molecule has 1 saturated heterocycles. The predicted molar refractivity (Wildman–Crippen MR) is 117 cm³/mol. The summed E-state index contributed by atoms with van der Waals surface area (Å²) in [5.41, 5.74) is 3.21. The average Bonchev–Trinajstić information content (AvgIpc) is 2.78. The number of hydrogen-bond donors (Lipinski definition) is 2. The predicted octanol–water partition coefficient (Wildman–Crippen LogP) is 1.56. The molecule has 1 amide bonds. The molecule has 0 radical (unpaired) electrons. The third-order valence-corrected chi connectivity index (χ3v) is 5.57. The van der Waals surface area contributed by atoms with Crippen molar-refractivity contribution in [2.45, 2.75) is 19.9 Å². The number of hydrogen-bond acceptors (Lipinski definition) is 6. The summed E-state index contributed by atoms with van der Waals surface area (Å²) < 4.78 is 0. The highest BCUT2D eigenvalue weighted by molar-refractivity contribution is 5.91. The Hall–Kier alpha value is -3.26. The molecule has 1 aliphatic heterocycles. The first-order chi connectivity index (χ1) is 14.6. The molecule has 0 spiro atoms. The number of aromatic amines is 1. The fraction of sp³-hybridized carbons (Fsp3) is 0.364. The van der Waals surface area contributed by atoms with Crippen molar-refractivity contribution in [3.8, 4) is 0 Å². The van der Waals surface area contributed by atoms with Gasteiger partial charge >= 0.3 is 0 Å². The summed E-state index contributed by atoms with van der Waals surface area (Å²) in [4.78, 5) is 39.9. The van der Waals surface area contributed by atoms with E-state index in [0.717, 1.165) is 61.4 Å². The normalized spacial score (nSPS) is 14.8. The number of carbonyl (C=O) groups is 1. The van der Waals surface area contributed by atoms with E-state index < -0.39 is 0 Å². The smallest absolute Gasteiger partial charge is 0.271 e. The SMILES string of the molecule is CCc1cc2ccc(CN3CCN(c4cnc(C(=O)NC)cn4)CC3)cc2[nH]c1=O. The first-order valence-electron chi connectivity index (χ1n) is 10.2. The van der Waals surface area contributed by atoms with E-state index in [-0.39, 0.29) is 11.5 Å². The molecule has 3 heterocycles. The molecule has 8 nitrogen and oxygen atoms in total. The van der Waals surface area contributed by atoms with E-state index in [0.29, 0.717) is 5.69 Å². The van der Waals surface area contributed by atoms with Crippen molar-refractivity contribution in [2.75, 3.05) is 38.1 Å². The molecule has 1 fully saturated rings. The van der Waals surface area contributed by atoms with E-state index in [2.05, 4.69) is 48.3 Å². The molecule has 30 heavy (non-hydrogen) atoms. The van der Waals surface area contributed by atoms with Gasteiger partial charge in [0.05, 0.1) is 12.4 Å². The number of pyridine rings is 1. The van der Waals surface area contributed by atoms with E-state index in [4.69, 9.17) is 0 Å². The number of H-pyrrole nitrogens is 1. The highest BCUT2D eigenvalue weighted by Crippen LogP contribution is 2.18. The molecule has 8 heteroatoms. The number of benzene rings is 1. The molecule has 0 saturated carbocycles. The summed E-state index contributed by atoms with van der Waals surface area (Å²) >= 11 is 0. The van der Waals surface area contributed by atoms with Gasteiger partial charge in [-0.1, -0.05) is 19.1 Å². The Kier molecular flexibility index (Phi) is 5.76. The Morgan fingerprint density at radius 3 is 2.60 bits per heavy atom. The quantitative estimate of drug-likeness (QED) is 0.668. The summed E-state index contributed by atoms with van der Waals surface area (Å²) in [5.74, 6) is 0.554. The number of nitrogens with zero attached hydrogens (tertiary/aromatic N) is 4. The average molecular weight is 406 g/mol. The highest BCUT2D eigenvalue weighted by atomic mass is 16.1. The number of carbonyl (C=O) groups excluding carboxylic acids is 1. The molecule has 0 unspecified atom stereocenters. The highest BCUT2D eigenvalue weighted by Gasteiger charge is 2.19. The zero-order chi connectivity index (χ0) is 21.1. The summed E-state index contributed by atoms with van der Waals surface area (Å²) in [6, 6.07) is 8.27. The van der Waals surface area contributed by atoms with E-state index in [9.17, 15) is 9.59 Å². The number of nitrogens with one attached hydrogen (secondary N) is 2. The van der Waals surface area contributed by atoms with Crippen LogP contribution in [-0.4, -0.2) is 59.0 Å². The van der Waals surface area contributed by atoms with E-state index in [1.54, 1.807) is 13.2 Å². The lowest BCUT2D eigenvalue weighted by Crippen LogP contribution is -2.46. The number of aryl methyl sites for hydroxylation is 1. The van der Waals surface area contributed by atoms with Gasteiger partial charge in [-0.25, -0.2) is 9.97 Å². The lowest BCUT2D eigenvalue weighted by atomic mass is 10.1. The van der Waals surface area contributed by atoms with Crippen molar-refractivity contribution in [2.24, 2.45) is 0 Å². The maximum absolute atomic E-state index is 12.1. The first kappa shape index (κ1) is 20.0. The summed E-state index contributed by atoms with van der Waals surface area (Å²) in [6.07, 6.45) is 3.90. The Bertz CT molecular complexity index is 1100. The molecular formula is C22H26N6O2.